The lowest BCUT2D eigenvalue weighted by Crippen LogP contribution is -2.53. The van der Waals surface area contributed by atoms with E-state index in [9.17, 15) is 4.79 Å². The fourth-order valence-corrected chi connectivity index (χ4v) is 6.60. The Morgan fingerprint density at radius 1 is 1.20 bits per heavy atom. The SMILES string of the molecule is CCCCN1C=NC(CC(C)C)(C(=O)OC)C1CC1CCC(C(c2ccc(Cl)cc2)N(C)C)CC1. The monoisotopic (exact) mass is 503 g/mol. The van der Waals surface area contributed by atoms with Crippen LogP contribution in [0, 0.1) is 17.8 Å². The van der Waals surface area contributed by atoms with Crippen LogP contribution in [0.15, 0.2) is 29.3 Å². The van der Waals surface area contributed by atoms with Crippen LogP contribution in [0.5, 0.6) is 0 Å². The summed E-state index contributed by atoms with van der Waals surface area (Å²) < 4.78 is 5.35. The molecule has 3 rings (SSSR count). The molecule has 5 nitrogen and oxygen atoms in total. The van der Waals surface area contributed by atoms with Gasteiger partial charge >= 0.3 is 5.97 Å². The number of unbranched alkanes of at least 4 members (excludes halogenated alkanes) is 1. The maximum Gasteiger partial charge on any atom is 0.335 e. The summed E-state index contributed by atoms with van der Waals surface area (Å²) in [5.74, 6) is 1.43. The first kappa shape index (κ1) is 28.0. The lowest BCUT2D eigenvalue weighted by atomic mass is 9.71. The summed E-state index contributed by atoms with van der Waals surface area (Å²) in [6.45, 7) is 7.52. The Labute approximate surface area is 218 Å². The van der Waals surface area contributed by atoms with Gasteiger partial charge < -0.3 is 14.5 Å². The Balaban J connectivity index is 1.73. The second-order valence-corrected chi connectivity index (χ2v) is 11.8. The molecule has 0 amide bonds. The summed E-state index contributed by atoms with van der Waals surface area (Å²) in [5.41, 5.74) is 0.572. The van der Waals surface area contributed by atoms with Gasteiger partial charge in [0.25, 0.3) is 0 Å². The van der Waals surface area contributed by atoms with Gasteiger partial charge in [-0.3, -0.25) is 4.99 Å². The summed E-state index contributed by atoms with van der Waals surface area (Å²) >= 11 is 6.15. The highest BCUT2D eigenvalue weighted by Gasteiger charge is 2.52. The van der Waals surface area contributed by atoms with Gasteiger partial charge in [-0.1, -0.05) is 63.8 Å². The van der Waals surface area contributed by atoms with Gasteiger partial charge in [0.2, 0.25) is 0 Å². The van der Waals surface area contributed by atoms with Gasteiger partial charge in [0.05, 0.1) is 19.5 Å². The molecule has 0 spiro atoms. The lowest BCUT2D eigenvalue weighted by molar-refractivity contribution is -0.149. The Hall–Kier alpha value is -1.59. The summed E-state index contributed by atoms with van der Waals surface area (Å²) in [7, 11) is 5.88. The van der Waals surface area contributed by atoms with Crippen molar-refractivity contribution in [3.63, 3.8) is 0 Å². The van der Waals surface area contributed by atoms with Crippen molar-refractivity contribution in [1.29, 1.82) is 0 Å². The molecule has 196 valence electrons. The minimum absolute atomic E-state index is 0.0892. The zero-order chi connectivity index (χ0) is 25.6. The average molecular weight is 504 g/mol. The number of hydrogen-bond donors (Lipinski definition) is 0. The van der Waals surface area contributed by atoms with E-state index in [2.05, 4.69) is 56.8 Å². The van der Waals surface area contributed by atoms with Crippen LogP contribution in [-0.4, -0.2) is 61.4 Å². The molecule has 6 heteroatoms. The van der Waals surface area contributed by atoms with Crippen molar-refractivity contribution < 1.29 is 9.53 Å². The van der Waals surface area contributed by atoms with E-state index in [0.717, 1.165) is 37.3 Å². The Morgan fingerprint density at radius 2 is 1.86 bits per heavy atom. The predicted octanol–water partition coefficient (Wildman–Crippen LogP) is 6.61. The van der Waals surface area contributed by atoms with Crippen LogP contribution in [0.4, 0.5) is 0 Å². The van der Waals surface area contributed by atoms with Crippen molar-refractivity contribution in [2.24, 2.45) is 22.7 Å². The Bertz CT molecular complexity index is 833. The van der Waals surface area contributed by atoms with E-state index in [1.807, 2.05) is 18.5 Å². The largest absolute Gasteiger partial charge is 0.467 e. The van der Waals surface area contributed by atoms with Crippen LogP contribution in [0.25, 0.3) is 0 Å². The number of rotatable bonds is 11. The van der Waals surface area contributed by atoms with Crippen LogP contribution in [0.2, 0.25) is 5.02 Å². The third-order valence-corrected chi connectivity index (χ3v) is 8.33. The van der Waals surface area contributed by atoms with E-state index >= 15 is 0 Å². The second-order valence-electron chi connectivity index (χ2n) is 11.3. The van der Waals surface area contributed by atoms with Gasteiger partial charge in [0.1, 0.15) is 0 Å². The Kier molecular flexibility index (Phi) is 10.1. The van der Waals surface area contributed by atoms with E-state index in [-0.39, 0.29) is 12.0 Å². The molecule has 1 aromatic carbocycles. The molecule has 3 unspecified atom stereocenters. The van der Waals surface area contributed by atoms with Crippen LogP contribution < -0.4 is 0 Å². The normalized spacial score (nSPS) is 27.6. The Morgan fingerprint density at radius 3 is 2.40 bits per heavy atom. The van der Waals surface area contributed by atoms with E-state index in [4.69, 9.17) is 21.3 Å². The fourth-order valence-electron chi connectivity index (χ4n) is 6.47. The number of aliphatic imine (C=N–C) groups is 1. The van der Waals surface area contributed by atoms with Crippen molar-refractivity contribution in [1.82, 2.24) is 9.80 Å². The average Bonchev–Trinajstić information content (AvgIpc) is 3.16. The topological polar surface area (TPSA) is 45.1 Å². The summed E-state index contributed by atoms with van der Waals surface area (Å²) in [6, 6.07) is 8.86. The third kappa shape index (κ3) is 6.60. The molecular weight excluding hydrogens is 458 g/mol. The molecule has 2 aliphatic rings. The number of ether oxygens (including phenoxy) is 1. The minimum atomic E-state index is -0.775. The maximum atomic E-state index is 13.2. The molecular formula is C29H46ClN3O2. The molecule has 0 radical (unpaired) electrons. The highest BCUT2D eigenvalue weighted by molar-refractivity contribution is 6.30. The standard InChI is InChI=1S/C29H46ClN3O2/c1-7-8-17-33-20-31-29(19-21(2)3,28(34)35-6)26(33)18-22-9-11-23(12-10-22)27(32(4)5)24-13-15-25(30)16-14-24/h13-16,20-23,26-27H,7-12,17-19H2,1-6H3. The molecule has 3 atom stereocenters. The summed E-state index contributed by atoms with van der Waals surface area (Å²) in [5, 5.41) is 0.789. The number of carbonyl (C=O) groups excluding carboxylic acids is 1. The molecule has 1 heterocycles. The van der Waals surface area contributed by atoms with Gasteiger partial charge in [0, 0.05) is 17.6 Å². The number of hydrogen-bond acceptors (Lipinski definition) is 5. The highest BCUT2D eigenvalue weighted by Crippen LogP contribution is 2.44. The first-order chi connectivity index (χ1) is 16.7. The zero-order valence-electron chi connectivity index (χ0n) is 22.7. The van der Waals surface area contributed by atoms with Gasteiger partial charge in [-0.05, 0) is 81.6 Å². The molecule has 0 aromatic heterocycles. The van der Waals surface area contributed by atoms with Crippen molar-refractivity contribution >= 4 is 23.9 Å². The van der Waals surface area contributed by atoms with E-state index in [0.29, 0.717) is 23.8 Å². The van der Waals surface area contributed by atoms with Gasteiger partial charge in [-0.2, -0.15) is 0 Å². The molecule has 35 heavy (non-hydrogen) atoms. The second kappa shape index (κ2) is 12.6. The number of halogens is 1. The number of benzene rings is 1. The van der Waals surface area contributed by atoms with E-state index < -0.39 is 5.54 Å². The van der Waals surface area contributed by atoms with Crippen LogP contribution >= 0.6 is 11.6 Å². The van der Waals surface area contributed by atoms with Crippen LogP contribution in [-0.2, 0) is 9.53 Å². The zero-order valence-corrected chi connectivity index (χ0v) is 23.4. The van der Waals surface area contributed by atoms with Crippen LogP contribution in [0.3, 0.4) is 0 Å². The fraction of sp³-hybridized carbons (Fsp3) is 0.724. The maximum absolute atomic E-state index is 13.2. The van der Waals surface area contributed by atoms with Gasteiger partial charge in [-0.15, -0.1) is 0 Å². The summed E-state index contributed by atoms with van der Waals surface area (Å²) in [6.07, 6.45) is 10.7. The minimum Gasteiger partial charge on any atom is -0.467 e. The van der Waals surface area contributed by atoms with E-state index in [1.165, 1.54) is 38.4 Å². The number of nitrogens with zero attached hydrogens (tertiary/aromatic N) is 3. The molecule has 1 aliphatic carbocycles. The molecule has 0 saturated heterocycles. The van der Waals surface area contributed by atoms with Gasteiger partial charge in [-0.25, -0.2) is 4.79 Å². The van der Waals surface area contributed by atoms with Crippen molar-refractivity contribution in [3.8, 4) is 0 Å². The molecule has 1 fully saturated rings. The molecule has 1 saturated carbocycles. The number of carbonyl (C=O) groups is 1. The molecule has 1 aliphatic heterocycles. The molecule has 1 aromatic rings. The molecule has 0 N–H and O–H groups in total. The van der Waals surface area contributed by atoms with Gasteiger partial charge in [0.15, 0.2) is 5.54 Å². The summed E-state index contributed by atoms with van der Waals surface area (Å²) in [4.78, 5) is 22.8. The molecule has 0 bridgehead atoms. The first-order valence-corrected chi connectivity index (χ1v) is 13.9. The van der Waals surface area contributed by atoms with Crippen molar-refractivity contribution in [2.75, 3.05) is 27.7 Å². The number of esters is 1. The quantitative estimate of drug-likeness (QED) is 0.319. The lowest BCUT2D eigenvalue weighted by Gasteiger charge is -2.41. The smallest absolute Gasteiger partial charge is 0.335 e. The van der Waals surface area contributed by atoms with E-state index in [1.54, 1.807) is 0 Å². The first-order valence-electron chi connectivity index (χ1n) is 13.5. The number of methoxy groups -OCH3 is 1. The third-order valence-electron chi connectivity index (χ3n) is 8.08. The highest BCUT2D eigenvalue weighted by atomic mass is 35.5. The predicted molar refractivity (Wildman–Crippen MR) is 146 cm³/mol. The van der Waals surface area contributed by atoms with Crippen LogP contribution in [0.1, 0.15) is 83.7 Å². The van der Waals surface area contributed by atoms with Crippen molar-refractivity contribution in [3.05, 3.63) is 34.9 Å². The van der Waals surface area contributed by atoms with Crippen molar-refractivity contribution in [2.45, 2.75) is 89.8 Å².